The molecule has 7 heteroatoms. The highest BCUT2D eigenvalue weighted by Gasteiger charge is 2.24. The van der Waals surface area contributed by atoms with Gasteiger partial charge >= 0.3 is 0 Å². The van der Waals surface area contributed by atoms with Gasteiger partial charge in [-0.25, -0.2) is 18.5 Å². The fourth-order valence-corrected chi connectivity index (χ4v) is 3.24. The number of rotatable bonds is 3. The molecule has 2 aromatic rings. The number of hydrogen-bond donors (Lipinski definition) is 1. The maximum absolute atomic E-state index is 11.4. The summed E-state index contributed by atoms with van der Waals surface area (Å²) < 4.78 is 28.5. The minimum absolute atomic E-state index is 0.0466. The van der Waals surface area contributed by atoms with Crippen LogP contribution < -0.4 is 10.0 Å². The molecule has 23 heavy (non-hydrogen) atoms. The molecular formula is C16H21N3O3S. The summed E-state index contributed by atoms with van der Waals surface area (Å²) in [6.07, 6.45) is 2.49. The number of sulfonamides is 1. The Kier molecular flexibility index (Phi) is 3.72. The highest BCUT2D eigenvalue weighted by Crippen LogP contribution is 2.31. The maximum atomic E-state index is 11.4. The molecule has 3 rings (SSSR count). The second kappa shape index (κ2) is 5.35. The van der Waals surface area contributed by atoms with E-state index in [2.05, 4.69) is 30.7 Å². The van der Waals surface area contributed by atoms with Crippen molar-refractivity contribution in [2.24, 2.45) is 5.14 Å². The third-order valence-electron chi connectivity index (χ3n) is 4.02. The van der Waals surface area contributed by atoms with Crippen molar-refractivity contribution in [2.75, 3.05) is 11.4 Å². The van der Waals surface area contributed by atoms with E-state index in [9.17, 15) is 8.42 Å². The first-order valence-corrected chi connectivity index (χ1v) is 9.05. The number of primary sulfonamides is 1. The third kappa shape index (κ3) is 3.25. The fourth-order valence-electron chi connectivity index (χ4n) is 2.68. The van der Waals surface area contributed by atoms with E-state index in [1.807, 2.05) is 0 Å². The van der Waals surface area contributed by atoms with Crippen LogP contribution in [0.4, 0.5) is 5.69 Å². The summed E-state index contributed by atoms with van der Waals surface area (Å²) in [6.45, 7) is 7.65. The fraction of sp³-hybridized carbons (Fsp3) is 0.438. The van der Waals surface area contributed by atoms with Gasteiger partial charge in [0.25, 0.3) is 0 Å². The molecule has 1 aromatic carbocycles. The van der Waals surface area contributed by atoms with Gasteiger partial charge in [0.2, 0.25) is 15.9 Å². The number of nitrogens with zero attached hydrogens (tertiary/aromatic N) is 2. The lowest BCUT2D eigenvalue weighted by atomic mass is 9.93. The topological polar surface area (TPSA) is 89.4 Å². The van der Waals surface area contributed by atoms with Crippen molar-refractivity contribution in [1.29, 1.82) is 0 Å². The van der Waals surface area contributed by atoms with Gasteiger partial charge in [-0.15, -0.1) is 0 Å². The summed E-state index contributed by atoms with van der Waals surface area (Å²) in [7, 11) is -3.66. The average Bonchev–Trinajstić information content (AvgIpc) is 3.05. The summed E-state index contributed by atoms with van der Waals surface area (Å²) in [6, 6.07) is 5.00. The molecule has 0 unspecified atom stereocenters. The smallest absolute Gasteiger partial charge is 0.238 e. The summed E-state index contributed by atoms with van der Waals surface area (Å²) in [5.74, 6) is 0.665. The number of nitrogens with two attached hydrogens (primary N) is 1. The van der Waals surface area contributed by atoms with Crippen LogP contribution in [0.5, 0.6) is 0 Å². The van der Waals surface area contributed by atoms with Crippen molar-refractivity contribution >= 4 is 15.7 Å². The van der Waals surface area contributed by atoms with Crippen LogP contribution in [0.15, 0.2) is 33.8 Å². The number of aromatic nitrogens is 1. The van der Waals surface area contributed by atoms with Crippen LogP contribution in [-0.2, 0) is 28.4 Å². The molecule has 1 aromatic heterocycles. The van der Waals surface area contributed by atoms with Gasteiger partial charge in [0.05, 0.1) is 17.1 Å². The van der Waals surface area contributed by atoms with Gasteiger partial charge in [0.1, 0.15) is 6.26 Å². The van der Waals surface area contributed by atoms with Crippen molar-refractivity contribution in [3.05, 3.63) is 41.6 Å². The second-order valence-electron chi connectivity index (χ2n) is 6.88. The van der Waals surface area contributed by atoms with Gasteiger partial charge < -0.3 is 9.32 Å². The Morgan fingerprint density at radius 1 is 1.35 bits per heavy atom. The molecule has 0 aliphatic carbocycles. The van der Waals surface area contributed by atoms with Crippen LogP contribution in [0, 0.1) is 0 Å². The Hall–Kier alpha value is -1.86. The van der Waals surface area contributed by atoms with Crippen LogP contribution in [0.25, 0.3) is 0 Å². The molecule has 0 spiro atoms. The molecule has 0 saturated heterocycles. The van der Waals surface area contributed by atoms with E-state index in [4.69, 9.17) is 9.56 Å². The lowest BCUT2D eigenvalue weighted by molar-refractivity contribution is 0.487. The molecule has 0 fully saturated rings. The molecule has 0 radical (unpaired) electrons. The highest BCUT2D eigenvalue weighted by atomic mass is 32.2. The second-order valence-corrected chi connectivity index (χ2v) is 8.44. The molecule has 0 atom stereocenters. The lowest BCUT2D eigenvalue weighted by Crippen LogP contribution is -2.20. The van der Waals surface area contributed by atoms with E-state index in [1.165, 1.54) is 0 Å². The summed E-state index contributed by atoms with van der Waals surface area (Å²) >= 11 is 0. The quantitative estimate of drug-likeness (QED) is 0.928. The SMILES string of the molecule is CC(C)(C)c1coc(CN2CCc3cc(S(N)(=O)=O)ccc32)n1. The molecule has 0 saturated carbocycles. The lowest BCUT2D eigenvalue weighted by Gasteiger charge is -2.17. The van der Waals surface area contributed by atoms with E-state index in [0.29, 0.717) is 12.4 Å². The van der Waals surface area contributed by atoms with Crippen LogP contribution in [-0.4, -0.2) is 19.9 Å². The van der Waals surface area contributed by atoms with Crippen LogP contribution in [0.2, 0.25) is 0 Å². The zero-order valence-electron chi connectivity index (χ0n) is 13.5. The molecule has 1 aliphatic rings. The molecule has 6 nitrogen and oxygen atoms in total. The summed E-state index contributed by atoms with van der Waals surface area (Å²) in [4.78, 5) is 6.85. The monoisotopic (exact) mass is 335 g/mol. The zero-order chi connectivity index (χ0) is 16.8. The Morgan fingerprint density at radius 2 is 2.09 bits per heavy atom. The van der Waals surface area contributed by atoms with Gasteiger partial charge in [-0.3, -0.25) is 0 Å². The Balaban J connectivity index is 1.82. The van der Waals surface area contributed by atoms with E-state index < -0.39 is 10.0 Å². The standard InChI is InChI=1S/C16H21N3O3S/c1-16(2,3)14-10-22-15(18-14)9-19-7-6-11-8-12(23(17,20)21)4-5-13(11)19/h4-5,8,10H,6-7,9H2,1-3H3,(H2,17,20,21). The molecule has 2 N–H and O–H groups in total. The zero-order valence-corrected chi connectivity index (χ0v) is 14.4. The average molecular weight is 335 g/mol. The van der Waals surface area contributed by atoms with Crippen molar-refractivity contribution in [3.8, 4) is 0 Å². The first-order chi connectivity index (χ1) is 10.6. The van der Waals surface area contributed by atoms with Crippen LogP contribution in [0.1, 0.15) is 37.9 Å². The number of anilines is 1. The van der Waals surface area contributed by atoms with Gasteiger partial charge in [-0.2, -0.15) is 0 Å². The van der Waals surface area contributed by atoms with Crippen molar-refractivity contribution < 1.29 is 12.8 Å². The Morgan fingerprint density at radius 3 is 2.70 bits per heavy atom. The van der Waals surface area contributed by atoms with Crippen molar-refractivity contribution in [3.63, 3.8) is 0 Å². The van der Waals surface area contributed by atoms with Crippen LogP contribution >= 0.6 is 0 Å². The van der Waals surface area contributed by atoms with E-state index in [1.54, 1.807) is 24.5 Å². The predicted molar refractivity (Wildman–Crippen MR) is 87.8 cm³/mol. The third-order valence-corrected chi connectivity index (χ3v) is 4.93. The Labute approximate surface area is 136 Å². The first kappa shape index (κ1) is 16.0. The van der Waals surface area contributed by atoms with E-state index in [-0.39, 0.29) is 10.3 Å². The van der Waals surface area contributed by atoms with Gasteiger partial charge in [-0.05, 0) is 30.2 Å². The van der Waals surface area contributed by atoms with E-state index in [0.717, 1.165) is 29.9 Å². The van der Waals surface area contributed by atoms with Crippen molar-refractivity contribution in [1.82, 2.24) is 4.98 Å². The number of benzene rings is 1. The predicted octanol–water partition coefficient (Wildman–Crippen LogP) is 2.18. The summed E-state index contributed by atoms with van der Waals surface area (Å²) in [5, 5.41) is 5.19. The molecule has 1 aliphatic heterocycles. The van der Waals surface area contributed by atoms with Gasteiger partial charge in [-0.1, -0.05) is 20.8 Å². The number of hydrogen-bond acceptors (Lipinski definition) is 5. The normalized spacial score (nSPS) is 15.0. The highest BCUT2D eigenvalue weighted by molar-refractivity contribution is 7.89. The molecule has 2 heterocycles. The number of fused-ring (bicyclic) bond motifs is 1. The van der Waals surface area contributed by atoms with Crippen LogP contribution in [0.3, 0.4) is 0 Å². The Bertz CT molecular complexity index is 834. The maximum Gasteiger partial charge on any atom is 0.238 e. The minimum Gasteiger partial charge on any atom is -0.447 e. The minimum atomic E-state index is -3.66. The van der Waals surface area contributed by atoms with E-state index >= 15 is 0 Å². The largest absolute Gasteiger partial charge is 0.447 e. The first-order valence-electron chi connectivity index (χ1n) is 7.50. The molecule has 0 bridgehead atoms. The molecular weight excluding hydrogens is 314 g/mol. The number of oxazole rings is 1. The van der Waals surface area contributed by atoms with Gasteiger partial charge in [0.15, 0.2) is 0 Å². The molecule has 124 valence electrons. The van der Waals surface area contributed by atoms with Crippen molar-refractivity contribution in [2.45, 2.75) is 44.0 Å². The molecule has 0 amide bonds. The summed E-state index contributed by atoms with van der Waals surface area (Å²) in [5.41, 5.74) is 2.87. The van der Waals surface area contributed by atoms with Gasteiger partial charge in [0, 0.05) is 17.6 Å².